The van der Waals surface area contributed by atoms with Crippen LogP contribution in [0.3, 0.4) is 0 Å². The number of fused-ring (bicyclic) bond motifs is 1. The van der Waals surface area contributed by atoms with Crippen molar-refractivity contribution in [2.24, 2.45) is 15.0 Å². The molecule has 4 N–H and O–H groups in total. The second kappa shape index (κ2) is 7.68. The fraction of sp³-hybridized carbons (Fsp3) is 0.471. The molecule has 3 aliphatic heterocycles. The number of hydrogen-bond donors (Lipinski definition) is 4. The van der Waals surface area contributed by atoms with Gasteiger partial charge in [-0.25, -0.2) is 9.98 Å². The molecule has 0 aromatic heterocycles. The third-order valence-electron chi connectivity index (χ3n) is 5.22. The third kappa shape index (κ3) is 3.29. The number of aliphatic hydroxyl groups excluding tert-OH is 3. The van der Waals surface area contributed by atoms with E-state index in [1.54, 1.807) is 24.3 Å². The molecule has 3 aliphatic rings. The maximum absolute atomic E-state index is 11.0. The van der Waals surface area contributed by atoms with Gasteiger partial charge in [-0.15, -0.1) is 0 Å². The van der Waals surface area contributed by atoms with Crippen LogP contribution in [0.2, 0.25) is 0 Å². The van der Waals surface area contributed by atoms with Crippen molar-refractivity contribution in [1.29, 1.82) is 0 Å². The van der Waals surface area contributed by atoms with Crippen molar-refractivity contribution in [3.8, 4) is 0 Å². The number of ether oxygens (including phenoxy) is 1. The summed E-state index contributed by atoms with van der Waals surface area (Å²) >= 11 is -0.0431. The predicted molar refractivity (Wildman–Crippen MR) is 106 cm³/mol. The van der Waals surface area contributed by atoms with Gasteiger partial charge in [-0.3, -0.25) is 15.1 Å². The lowest BCUT2D eigenvalue weighted by Crippen LogP contribution is -2.61. The molecule has 1 saturated heterocycles. The molecule has 30 heavy (non-hydrogen) atoms. The van der Waals surface area contributed by atoms with E-state index in [1.807, 2.05) is 6.07 Å². The van der Waals surface area contributed by atoms with Gasteiger partial charge < -0.3 is 30.1 Å². The van der Waals surface area contributed by atoms with E-state index in [1.165, 1.54) is 4.90 Å². The zero-order valence-electron chi connectivity index (χ0n) is 15.5. The fourth-order valence-electron chi connectivity index (χ4n) is 3.85. The summed E-state index contributed by atoms with van der Waals surface area (Å²) in [6.45, 7) is -0.696. The highest BCUT2D eigenvalue weighted by Crippen LogP contribution is 2.41. The van der Waals surface area contributed by atoms with Gasteiger partial charge in [0.2, 0.25) is 0 Å². The van der Waals surface area contributed by atoms with Crippen molar-refractivity contribution >= 4 is 29.8 Å². The summed E-state index contributed by atoms with van der Waals surface area (Å²) in [6.07, 6.45) is -2.88. The summed E-state index contributed by atoms with van der Waals surface area (Å²) in [5.41, 5.74) is -0.989. The molecule has 5 atom stereocenters. The Hall–Kier alpha value is -2.42. The molecule has 0 aliphatic carbocycles. The number of nitro groups is 1. The minimum Gasteiger partial charge on any atom is -0.394 e. The quantitative estimate of drug-likeness (QED) is 0.184. The Kier molecular flexibility index (Phi) is 5.34. The van der Waals surface area contributed by atoms with E-state index in [4.69, 9.17) is 4.74 Å². The highest BCUT2D eigenvalue weighted by atomic mass is 32.2. The molecular formula is C17H19N5O7S. The van der Waals surface area contributed by atoms with E-state index in [9.17, 15) is 30.5 Å². The summed E-state index contributed by atoms with van der Waals surface area (Å²) in [4.78, 5) is 24.4. The van der Waals surface area contributed by atoms with E-state index >= 15 is 0 Å². The second-order valence-corrected chi connectivity index (χ2v) is 8.03. The fourth-order valence-corrected chi connectivity index (χ4v) is 4.39. The Bertz CT molecular complexity index is 928. The molecule has 12 nitrogen and oxygen atoms in total. The minimum atomic E-state index is -2.29. The van der Waals surface area contributed by atoms with E-state index in [0.29, 0.717) is 0 Å². The molecule has 0 spiro atoms. The van der Waals surface area contributed by atoms with Crippen LogP contribution >= 0.6 is 11.9 Å². The van der Waals surface area contributed by atoms with Gasteiger partial charge in [0.25, 0.3) is 11.9 Å². The number of rotatable bonds is 6. The Labute approximate surface area is 174 Å². The molecule has 0 bridgehead atoms. The van der Waals surface area contributed by atoms with Crippen LogP contribution in [0, 0.1) is 10.1 Å². The van der Waals surface area contributed by atoms with Crippen LogP contribution in [-0.4, -0.2) is 89.9 Å². The second-order valence-electron chi connectivity index (χ2n) is 6.98. The Balaban J connectivity index is 1.74. The van der Waals surface area contributed by atoms with Crippen LogP contribution in [0.1, 0.15) is 5.56 Å². The summed E-state index contributed by atoms with van der Waals surface area (Å²) in [6, 6.07) is 9.02. The average Bonchev–Trinajstić information content (AvgIpc) is 3.25. The maximum Gasteiger partial charge on any atom is 0.324 e. The van der Waals surface area contributed by atoms with Crippen LogP contribution in [0.4, 0.5) is 0 Å². The Morgan fingerprint density at radius 1 is 1.33 bits per heavy atom. The van der Waals surface area contributed by atoms with Crippen LogP contribution in [0.5, 0.6) is 0 Å². The minimum absolute atomic E-state index is 0.0302. The first-order valence-electron chi connectivity index (χ1n) is 9.00. The van der Waals surface area contributed by atoms with Gasteiger partial charge in [0.1, 0.15) is 35.6 Å². The lowest BCUT2D eigenvalue weighted by atomic mass is 9.93. The molecule has 1 aromatic rings. The Morgan fingerprint density at radius 3 is 2.70 bits per heavy atom. The van der Waals surface area contributed by atoms with Crippen molar-refractivity contribution in [3.05, 3.63) is 46.0 Å². The van der Waals surface area contributed by atoms with Crippen molar-refractivity contribution in [1.82, 2.24) is 4.90 Å². The lowest BCUT2D eigenvalue weighted by molar-refractivity contribution is -0.288. The van der Waals surface area contributed by atoms with Crippen molar-refractivity contribution in [2.45, 2.75) is 35.5 Å². The third-order valence-corrected chi connectivity index (χ3v) is 5.92. The molecule has 3 heterocycles. The Morgan fingerprint density at radius 2 is 2.07 bits per heavy atom. The van der Waals surface area contributed by atoms with Crippen molar-refractivity contribution in [2.75, 3.05) is 13.3 Å². The summed E-state index contributed by atoms with van der Waals surface area (Å²) in [5.74, 6) is 0.0302. The first kappa shape index (κ1) is 20.8. The van der Waals surface area contributed by atoms with Gasteiger partial charge >= 0.3 is 5.06 Å². The van der Waals surface area contributed by atoms with E-state index in [0.717, 1.165) is 11.9 Å². The summed E-state index contributed by atoms with van der Waals surface area (Å²) in [5, 5.41) is 50.3. The molecule has 1 unspecified atom stereocenters. The van der Waals surface area contributed by atoms with Crippen molar-refractivity contribution < 1.29 is 29.5 Å². The van der Waals surface area contributed by atoms with Crippen LogP contribution in [-0.2, 0) is 11.2 Å². The van der Waals surface area contributed by atoms with Crippen LogP contribution < -0.4 is 0 Å². The molecule has 1 fully saturated rings. The SMILES string of the molecule is O=[N+]([O-])SC1(O)N=CN=C2C1=NCN2[C@]1(Cc2ccccc2)O[C@H](CO)[C@@H](O)[C@H]1O. The zero-order chi connectivity index (χ0) is 21.5. The van der Waals surface area contributed by atoms with Gasteiger partial charge in [-0.2, -0.15) is 0 Å². The molecule has 0 radical (unpaired) electrons. The zero-order valence-corrected chi connectivity index (χ0v) is 16.3. The van der Waals surface area contributed by atoms with E-state index in [2.05, 4.69) is 15.0 Å². The number of nitrogens with zero attached hydrogens (tertiary/aromatic N) is 5. The monoisotopic (exact) mass is 437 g/mol. The normalized spacial score (nSPS) is 35.2. The van der Waals surface area contributed by atoms with Crippen LogP contribution in [0.15, 0.2) is 45.3 Å². The van der Waals surface area contributed by atoms with Crippen LogP contribution in [0.25, 0.3) is 0 Å². The first-order valence-corrected chi connectivity index (χ1v) is 9.77. The number of hydrogen-bond acceptors (Lipinski definition) is 12. The molecule has 160 valence electrons. The highest BCUT2D eigenvalue weighted by molar-refractivity contribution is 7.95. The number of benzene rings is 1. The standard InChI is InChI=1S/C17H19N5O7S/c23-7-11-12(24)14(25)16(29-11,6-10-4-2-1-3-5-10)21-9-19-13-15(21)18-8-20-17(13,26)30-22(27)28/h1-5,8,11-12,14,23-26H,6-7,9H2/t11-,12-,14-,16-,17?/m1/s1. The number of aliphatic hydroxyl groups is 4. The molecule has 0 saturated carbocycles. The predicted octanol–water partition coefficient (Wildman–Crippen LogP) is -1.24. The van der Waals surface area contributed by atoms with Gasteiger partial charge in [-0.05, 0) is 5.56 Å². The molecule has 4 rings (SSSR count). The van der Waals surface area contributed by atoms with Gasteiger partial charge in [0, 0.05) is 6.42 Å². The summed E-state index contributed by atoms with van der Waals surface area (Å²) in [7, 11) is 0. The smallest absolute Gasteiger partial charge is 0.324 e. The van der Waals surface area contributed by atoms with Gasteiger partial charge in [0.05, 0.1) is 6.61 Å². The number of aliphatic imine (C=N–C) groups is 3. The van der Waals surface area contributed by atoms with Crippen molar-refractivity contribution in [3.63, 3.8) is 0 Å². The molecule has 1 aromatic carbocycles. The largest absolute Gasteiger partial charge is 0.394 e. The lowest BCUT2D eigenvalue weighted by Gasteiger charge is -2.42. The maximum atomic E-state index is 11.0. The summed E-state index contributed by atoms with van der Waals surface area (Å²) < 4.78 is 5.17. The topological polar surface area (TPSA) is 174 Å². The average molecular weight is 437 g/mol. The van der Waals surface area contributed by atoms with Gasteiger partial charge in [-0.1, -0.05) is 30.3 Å². The first-order chi connectivity index (χ1) is 14.3. The van der Waals surface area contributed by atoms with E-state index < -0.39 is 40.0 Å². The van der Waals surface area contributed by atoms with Gasteiger partial charge in [0.15, 0.2) is 17.3 Å². The molecular weight excluding hydrogens is 418 g/mol. The molecule has 13 heteroatoms. The van der Waals surface area contributed by atoms with E-state index in [-0.39, 0.29) is 36.6 Å². The number of amidine groups is 1. The highest BCUT2D eigenvalue weighted by Gasteiger charge is 2.61. The molecule has 0 amide bonds.